The SMILES string of the molecule is COc1ccc(C(=O)C(C(=O)NCC2CCN(C(=O)OC(C)(C)C)CC2)N(Cc2ccc(OC)cc2OC)c2ccccc2OCc2ccccc2)cc1. The number of amides is 2. The van der Waals surface area contributed by atoms with Gasteiger partial charge in [-0.25, -0.2) is 4.79 Å². The molecular formula is C43H51N3O8. The van der Waals surface area contributed by atoms with Crippen LogP contribution in [0.1, 0.15) is 55.1 Å². The van der Waals surface area contributed by atoms with Crippen molar-refractivity contribution in [2.45, 2.75) is 58.4 Å². The molecule has 0 aliphatic carbocycles. The van der Waals surface area contributed by atoms with Crippen molar-refractivity contribution >= 4 is 23.5 Å². The molecule has 0 radical (unpaired) electrons. The Kier molecular flexibility index (Phi) is 13.4. The molecule has 0 spiro atoms. The van der Waals surface area contributed by atoms with Gasteiger partial charge in [-0.05, 0) is 93.6 Å². The number of ether oxygens (including phenoxy) is 5. The van der Waals surface area contributed by atoms with E-state index in [1.165, 1.54) is 0 Å². The lowest BCUT2D eigenvalue weighted by Gasteiger charge is -2.35. The maximum absolute atomic E-state index is 14.7. The topological polar surface area (TPSA) is 116 Å². The van der Waals surface area contributed by atoms with E-state index in [9.17, 15) is 14.4 Å². The molecule has 1 atom stereocenters. The molecule has 5 rings (SSSR count). The number of anilines is 1. The average Bonchev–Trinajstić information content (AvgIpc) is 3.19. The van der Waals surface area contributed by atoms with Gasteiger partial charge in [0, 0.05) is 43.4 Å². The fourth-order valence-electron chi connectivity index (χ4n) is 6.34. The summed E-state index contributed by atoms with van der Waals surface area (Å²) in [5.41, 5.74) is 2.01. The smallest absolute Gasteiger partial charge is 0.410 e. The highest BCUT2D eigenvalue weighted by atomic mass is 16.6. The molecule has 1 N–H and O–H groups in total. The van der Waals surface area contributed by atoms with Gasteiger partial charge in [-0.2, -0.15) is 0 Å². The Morgan fingerprint density at radius 2 is 1.44 bits per heavy atom. The van der Waals surface area contributed by atoms with Gasteiger partial charge in [0.15, 0.2) is 11.8 Å². The van der Waals surface area contributed by atoms with Crippen LogP contribution < -0.4 is 29.2 Å². The van der Waals surface area contributed by atoms with E-state index in [1.54, 1.807) is 61.5 Å². The van der Waals surface area contributed by atoms with E-state index >= 15 is 0 Å². The molecule has 0 bridgehead atoms. The fourth-order valence-corrected chi connectivity index (χ4v) is 6.34. The van der Waals surface area contributed by atoms with Crippen molar-refractivity contribution < 1.29 is 38.1 Å². The number of carbonyl (C=O) groups is 3. The molecule has 4 aromatic rings. The molecule has 1 fully saturated rings. The summed E-state index contributed by atoms with van der Waals surface area (Å²) in [7, 11) is 4.71. The van der Waals surface area contributed by atoms with Crippen LogP contribution in [-0.2, 0) is 22.7 Å². The molecule has 1 heterocycles. The summed E-state index contributed by atoms with van der Waals surface area (Å²) in [4.78, 5) is 45.5. The van der Waals surface area contributed by atoms with Gasteiger partial charge in [-0.15, -0.1) is 0 Å². The van der Waals surface area contributed by atoms with Gasteiger partial charge >= 0.3 is 6.09 Å². The first-order valence-electron chi connectivity index (χ1n) is 18.2. The highest BCUT2D eigenvalue weighted by Gasteiger charge is 2.37. The number of para-hydroxylation sites is 2. The van der Waals surface area contributed by atoms with Crippen LogP contribution in [0.25, 0.3) is 0 Å². The molecule has 0 saturated carbocycles. The van der Waals surface area contributed by atoms with Gasteiger partial charge in [-0.3, -0.25) is 9.59 Å². The van der Waals surface area contributed by atoms with E-state index in [2.05, 4.69) is 5.32 Å². The molecular weight excluding hydrogens is 686 g/mol. The number of nitrogens with zero attached hydrogens (tertiary/aromatic N) is 2. The van der Waals surface area contributed by atoms with E-state index in [-0.39, 0.29) is 25.2 Å². The zero-order valence-electron chi connectivity index (χ0n) is 32.0. The second kappa shape index (κ2) is 18.4. The summed E-state index contributed by atoms with van der Waals surface area (Å²) in [5.74, 6) is 1.47. The third-order valence-corrected chi connectivity index (χ3v) is 9.26. The lowest BCUT2D eigenvalue weighted by atomic mass is 9.96. The van der Waals surface area contributed by atoms with Crippen LogP contribution in [0.15, 0.2) is 97.1 Å². The molecule has 1 aliphatic rings. The van der Waals surface area contributed by atoms with Crippen molar-refractivity contribution in [2.75, 3.05) is 45.9 Å². The molecule has 1 unspecified atom stereocenters. The van der Waals surface area contributed by atoms with E-state index in [1.807, 2.05) is 87.5 Å². The molecule has 54 heavy (non-hydrogen) atoms. The largest absolute Gasteiger partial charge is 0.497 e. The fraction of sp³-hybridized carbons (Fsp3) is 0.372. The Labute approximate surface area is 318 Å². The van der Waals surface area contributed by atoms with Crippen molar-refractivity contribution in [3.8, 4) is 23.0 Å². The van der Waals surface area contributed by atoms with E-state index < -0.39 is 23.3 Å². The number of Topliss-reactive ketones (excluding diaryl/α,β-unsaturated/α-hetero) is 1. The van der Waals surface area contributed by atoms with Gasteiger partial charge in [0.25, 0.3) is 5.91 Å². The number of methoxy groups -OCH3 is 3. The predicted molar refractivity (Wildman–Crippen MR) is 208 cm³/mol. The van der Waals surface area contributed by atoms with Crippen molar-refractivity contribution in [2.24, 2.45) is 5.92 Å². The van der Waals surface area contributed by atoms with Crippen LogP contribution in [0.4, 0.5) is 10.5 Å². The number of benzene rings is 4. The van der Waals surface area contributed by atoms with E-state index in [0.717, 1.165) is 11.1 Å². The molecule has 11 nitrogen and oxygen atoms in total. The minimum atomic E-state index is -1.31. The standard InChI is InChI=1S/C43H51N3O8/c1-43(2,3)54-42(49)45-24-22-30(23-25-45)27-44-41(48)39(40(47)32-16-19-34(50-4)20-17-32)46(28-33-18-21-35(51-5)26-38(33)52-6)36-14-10-11-15-37(36)53-29-31-12-8-7-9-13-31/h7-21,26,30,39H,22-25,27-29H2,1-6H3,(H,44,48). The lowest BCUT2D eigenvalue weighted by Crippen LogP contribution is -2.53. The number of nitrogens with one attached hydrogen (secondary N) is 1. The number of carbonyl (C=O) groups excluding carboxylic acids is 3. The maximum atomic E-state index is 14.7. The monoisotopic (exact) mass is 737 g/mol. The molecule has 286 valence electrons. The Bertz CT molecular complexity index is 1850. The van der Waals surface area contributed by atoms with Gasteiger partial charge in [-0.1, -0.05) is 42.5 Å². The van der Waals surface area contributed by atoms with Gasteiger partial charge in [0.1, 0.15) is 35.2 Å². The Morgan fingerprint density at radius 1 is 0.796 bits per heavy atom. The predicted octanol–water partition coefficient (Wildman–Crippen LogP) is 7.31. The third-order valence-electron chi connectivity index (χ3n) is 9.26. The maximum Gasteiger partial charge on any atom is 0.410 e. The molecule has 2 amide bonds. The first-order chi connectivity index (χ1) is 26.0. The van der Waals surface area contributed by atoms with Crippen LogP contribution >= 0.6 is 0 Å². The summed E-state index contributed by atoms with van der Waals surface area (Å²) < 4.78 is 28.5. The van der Waals surface area contributed by atoms with Crippen LogP contribution in [0.3, 0.4) is 0 Å². The summed E-state index contributed by atoms with van der Waals surface area (Å²) in [5, 5.41) is 3.12. The molecule has 1 aliphatic heterocycles. The van der Waals surface area contributed by atoms with Crippen molar-refractivity contribution in [3.63, 3.8) is 0 Å². The molecule has 1 saturated heterocycles. The quantitative estimate of drug-likeness (QED) is 0.0991. The van der Waals surface area contributed by atoms with Gasteiger partial charge in [0.2, 0.25) is 0 Å². The second-order valence-electron chi connectivity index (χ2n) is 14.2. The number of piperidine rings is 1. The van der Waals surface area contributed by atoms with Crippen LogP contribution in [-0.4, -0.2) is 75.3 Å². The summed E-state index contributed by atoms with van der Waals surface area (Å²) >= 11 is 0. The number of ketones is 1. The summed E-state index contributed by atoms with van der Waals surface area (Å²) in [6, 6.07) is 28.1. The zero-order chi connectivity index (χ0) is 38.7. The third kappa shape index (κ3) is 10.5. The zero-order valence-corrected chi connectivity index (χ0v) is 32.0. The number of rotatable bonds is 15. The Morgan fingerprint density at radius 3 is 2.09 bits per heavy atom. The first-order valence-corrected chi connectivity index (χ1v) is 18.2. The molecule has 11 heteroatoms. The second-order valence-corrected chi connectivity index (χ2v) is 14.2. The van der Waals surface area contributed by atoms with Crippen molar-refractivity contribution in [1.29, 1.82) is 0 Å². The molecule has 4 aromatic carbocycles. The Hall–Kier alpha value is -5.71. The van der Waals surface area contributed by atoms with Crippen molar-refractivity contribution in [3.05, 3.63) is 114 Å². The normalized spacial score (nSPS) is 13.7. The van der Waals surface area contributed by atoms with Crippen LogP contribution in [0.2, 0.25) is 0 Å². The Balaban J connectivity index is 1.49. The minimum Gasteiger partial charge on any atom is -0.497 e. The lowest BCUT2D eigenvalue weighted by molar-refractivity contribution is -0.121. The van der Waals surface area contributed by atoms with E-state index in [0.29, 0.717) is 66.7 Å². The molecule has 0 aromatic heterocycles. The average molecular weight is 738 g/mol. The van der Waals surface area contributed by atoms with Crippen molar-refractivity contribution in [1.82, 2.24) is 10.2 Å². The number of likely N-dealkylation sites (tertiary alicyclic amines) is 1. The van der Waals surface area contributed by atoms with E-state index in [4.69, 9.17) is 23.7 Å². The van der Waals surface area contributed by atoms with Crippen LogP contribution in [0.5, 0.6) is 23.0 Å². The van der Waals surface area contributed by atoms with Gasteiger partial charge in [0.05, 0.1) is 27.0 Å². The summed E-state index contributed by atoms with van der Waals surface area (Å²) in [6.07, 6.45) is 1.02. The number of hydrogen-bond acceptors (Lipinski definition) is 9. The van der Waals surface area contributed by atoms with Crippen LogP contribution in [0, 0.1) is 5.92 Å². The highest BCUT2D eigenvalue weighted by molar-refractivity contribution is 6.16. The first kappa shape index (κ1) is 39.5. The highest BCUT2D eigenvalue weighted by Crippen LogP contribution is 2.35. The van der Waals surface area contributed by atoms with Gasteiger partial charge < -0.3 is 38.8 Å². The minimum absolute atomic E-state index is 0.0981. The number of hydrogen-bond donors (Lipinski definition) is 1. The summed E-state index contributed by atoms with van der Waals surface area (Å²) in [6.45, 7) is 7.30.